The Morgan fingerprint density at radius 3 is 1.92 bits per heavy atom. The maximum Gasteiger partial charge on any atom is 0.193 e. The van der Waals surface area contributed by atoms with Crippen molar-refractivity contribution in [1.82, 2.24) is 0 Å². The SMILES string of the molecule is O=C(c1ccccc1)c1ccc(OCCOc2c(Cl)cccc2Cl)cc1. The molecule has 5 heteroatoms. The highest BCUT2D eigenvalue weighted by molar-refractivity contribution is 6.37. The number of ether oxygens (including phenoxy) is 2. The van der Waals surface area contributed by atoms with Gasteiger partial charge in [0.2, 0.25) is 0 Å². The van der Waals surface area contributed by atoms with Gasteiger partial charge in [-0.05, 0) is 36.4 Å². The highest BCUT2D eigenvalue weighted by Gasteiger charge is 2.09. The van der Waals surface area contributed by atoms with E-state index >= 15 is 0 Å². The van der Waals surface area contributed by atoms with E-state index in [1.807, 2.05) is 18.2 Å². The molecule has 3 aromatic rings. The van der Waals surface area contributed by atoms with E-state index in [1.54, 1.807) is 54.6 Å². The third-order valence-electron chi connectivity index (χ3n) is 3.67. The van der Waals surface area contributed by atoms with Crippen LogP contribution in [0.3, 0.4) is 0 Å². The minimum atomic E-state index is -0.0196. The monoisotopic (exact) mass is 386 g/mol. The molecule has 0 unspecified atom stereocenters. The van der Waals surface area contributed by atoms with Gasteiger partial charge in [-0.1, -0.05) is 59.6 Å². The van der Waals surface area contributed by atoms with Gasteiger partial charge in [-0.15, -0.1) is 0 Å². The summed E-state index contributed by atoms with van der Waals surface area (Å²) < 4.78 is 11.2. The molecular formula is C21H16Cl2O3. The first-order chi connectivity index (χ1) is 12.6. The summed E-state index contributed by atoms with van der Waals surface area (Å²) in [6.45, 7) is 0.627. The van der Waals surface area contributed by atoms with Crippen LogP contribution in [0.2, 0.25) is 10.0 Å². The smallest absolute Gasteiger partial charge is 0.193 e. The predicted octanol–water partition coefficient (Wildman–Crippen LogP) is 5.68. The van der Waals surface area contributed by atoms with Crippen molar-refractivity contribution < 1.29 is 14.3 Å². The molecule has 3 rings (SSSR count). The molecule has 3 aromatic carbocycles. The van der Waals surface area contributed by atoms with Crippen molar-refractivity contribution >= 4 is 29.0 Å². The molecule has 26 heavy (non-hydrogen) atoms. The van der Waals surface area contributed by atoms with E-state index in [2.05, 4.69) is 0 Å². The van der Waals surface area contributed by atoms with Gasteiger partial charge in [0.05, 0.1) is 10.0 Å². The van der Waals surface area contributed by atoms with Gasteiger partial charge in [0.15, 0.2) is 11.5 Å². The fraction of sp³-hybridized carbons (Fsp3) is 0.0952. The van der Waals surface area contributed by atoms with E-state index in [1.165, 1.54) is 0 Å². The molecule has 0 aliphatic rings. The second-order valence-corrected chi connectivity index (χ2v) is 6.28. The predicted molar refractivity (Wildman–Crippen MR) is 104 cm³/mol. The molecular weight excluding hydrogens is 371 g/mol. The van der Waals surface area contributed by atoms with Gasteiger partial charge in [-0.3, -0.25) is 4.79 Å². The fourth-order valence-electron chi connectivity index (χ4n) is 2.38. The first-order valence-electron chi connectivity index (χ1n) is 8.04. The Hall–Kier alpha value is -2.49. The van der Waals surface area contributed by atoms with Crippen molar-refractivity contribution in [2.45, 2.75) is 0 Å². The standard InChI is InChI=1S/C21H16Cl2O3/c22-18-7-4-8-19(23)21(18)26-14-13-25-17-11-9-16(10-12-17)20(24)15-5-2-1-3-6-15/h1-12H,13-14H2. The molecule has 0 heterocycles. The molecule has 0 aliphatic heterocycles. The van der Waals surface area contributed by atoms with E-state index in [0.29, 0.717) is 45.9 Å². The van der Waals surface area contributed by atoms with Crippen LogP contribution in [0.1, 0.15) is 15.9 Å². The van der Waals surface area contributed by atoms with Crippen LogP contribution in [0, 0.1) is 0 Å². The molecule has 0 saturated heterocycles. The molecule has 132 valence electrons. The molecule has 0 saturated carbocycles. The summed E-state index contributed by atoms with van der Waals surface area (Å²) in [5.74, 6) is 1.08. The molecule has 0 amide bonds. The van der Waals surface area contributed by atoms with Gasteiger partial charge in [0, 0.05) is 11.1 Å². The molecule has 0 atom stereocenters. The summed E-state index contributed by atoms with van der Waals surface area (Å²) in [5.41, 5.74) is 1.27. The maximum absolute atomic E-state index is 12.4. The zero-order valence-electron chi connectivity index (χ0n) is 13.8. The van der Waals surface area contributed by atoms with Crippen LogP contribution in [0.25, 0.3) is 0 Å². The highest BCUT2D eigenvalue weighted by atomic mass is 35.5. The van der Waals surface area contributed by atoms with Crippen molar-refractivity contribution in [1.29, 1.82) is 0 Å². The van der Waals surface area contributed by atoms with E-state index in [0.717, 1.165) is 0 Å². The van der Waals surface area contributed by atoms with Crippen LogP contribution in [0.15, 0.2) is 72.8 Å². The average molecular weight is 387 g/mol. The van der Waals surface area contributed by atoms with Crippen LogP contribution in [-0.4, -0.2) is 19.0 Å². The Bertz CT molecular complexity index is 857. The van der Waals surface area contributed by atoms with Crippen LogP contribution in [0.5, 0.6) is 11.5 Å². The summed E-state index contributed by atoms with van der Waals surface area (Å²) in [7, 11) is 0. The number of carbonyl (C=O) groups excluding carboxylic acids is 1. The quantitative estimate of drug-likeness (QED) is 0.386. The third kappa shape index (κ3) is 4.57. The average Bonchev–Trinajstić information content (AvgIpc) is 2.68. The zero-order chi connectivity index (χ0) is 18.4. The maximum atomic E-state index is 12.4. The normalized spacial score (nSPS) is 10.4. The Balaban J connectivity index is 1.53. The summed E-state index contributed by atoms with van der Waals surface area (Å²) in [6, 6.07) is 21.4. The first kappa shape index (κ1) is 18.3. The number of hydrogen-bond acceptors (Lipinski definition) is 3. The number of benzene rings is 3. The molecule has 3 nitrogen and oxygen atoms in total. The molecule has 0 aliphatic carbocycles. The lowest BCUT2D eigenvalue weighted by Crippen LogP contribution is -2.09. The molecule has 0 bridgehead atoms. The second kappa shape index (κ2) is 8.75. The van der Waals surface area contributed by atoms with Gasteiger partial charge in [-0.25, -0.2) is 0 Å². The van der Waals surface area contributed by atoms with Crippen molar-refractivity contribution in [2.75, 3.05) is 13.2 Å². The topological polar surface area (TPSA) is 35.5 Å². The van der Waals surface area contributed by atoms with Crippen LogP contribution >= 0.6 is 23.2 Å². The minimum Gasteiger partial charge on any atom is -0.490 e. The Kier molecular flexibility index (Phi) is 6.16. The Morgan fingerprint density at radius 1 is 0.692 bits per heavy atom. The largest absolute Gasteiger partial charge is 0.490 e. The van der Waals surface area contributed by atoms with E-state index in [9.17, 15) is 4.79 Å². The van der Waals surface area contributed by atoms with E-state index in [-0.39, 0.29) is 5.78 Å². The van der Waals surface area contributed by atoms with Gasteiger partial charge in [-0.2, -0.15) is 0 Å². The number of halogens is 2. The lowest BCUT2D eigenvalue weighted by molar-refractivity contribution is 0.103. The molecule has 0 spiro atoms. The third-order valence-corrected chi connectivity index (χ3v) is 4.27. The summed E-state index contributed by atoms with van der Waals surface area (Å²) in [4.78, 5) is 12.4. The number of ketones is 1. The van der Waals surface area contributed by atoms with E-state index < -0.39 is 0 Å². The molecule has 0 N–H and O–H groups in total. The van der Waals surface area contributed by atoms with Crippen molar-refractivity contribution in [3.8, 4) is 11.5 Å². The van der Waals surface area contributed by atoms with Gasteiger partial charge in [0.1, 0.15) is 19.0 Å². The lowest BCUT2D eigenvalue weighted by atomic mass is 10.0. The number of rotatable bonds is 7. The second-order valence-electron chi connectivity index (χ2n) is 5.47. The van der Waals surface area contributed by atoms with Crippen molar-refractivity contribution in [3.63, 3.8) is 0 Å². The first-order valence-corrected chi connectivity index (χ1v) is 8.80. The zero-order valence-corrected chi connectivity index (χ0v) is 15.3. The van der Waals surface area contributed by atoms with Gasteiger partial charge < -0.3 is 9.47 Å². The lowest BCUT2D eigenvalue weighted by Gasteiger charge is -2.11. The van der Waals surface area contributed by atoms with Crippen LogP contribution < -0.4 is 9.47 Å². The Morgan fingerprint density at radius 2 is 1.27 bits per heavy atom. The summed E-state index contributed by atoms with van der Waals surface area (Å²) in [5, 5.41) is 0.919. The van der Waals surface area contributed by atoms with Gasteiger partial charge in [0.25, 0.3) is 0 Å². The van der Waals surface area contributed by atoms with Crippen molar-refractivity contribution in [2.24, 2.45) is 0 Å². The van der Waals surface area contributed by atoms with Crippen LogP contribution in [-0.2, 0) is 0 Å². The van der Waals surface area contributed by atoms with Gasteiger partial charge >= 0.3 is 0 Å². The summed E-state index contributed by atoms with van der Waals surface area (Å²) >= 11 is 12.1. The van der Waals surface area contributed by atoms with Crippen molar-refractivity contribution in [3.05, 3.63) is 94.0 Å². The van der Waals surface area contributed by atoms with E-state index in [4.69, 9.17) is 32.7 Å². The molecule has 0 fully saturated rings. The number of hydrogen-bond donors (Lipinski definition) is 0. The molecule has 0 aromatic heterocycles. The van der Waals surface area contributed by atoms with Crippen LogP contribution in [0.4, 0.5) is 0 Å². The number of para-hydroxylation sites is 1. The highest BCUT2D eigenvalue weighted by Crippen LogP contribution is 2.32. The fourth-order valence-corrected chi connectivity index (χ4v) is 2.89. The minimum absolute atomic E-state index is 0.0196. The molecule has 0 radical (unpaired) electrons. The number of carbonyl (C=O) groups is 1. The summed E-state index contributed by atoms with van der Waals surface area (Å²) in [6.07, 6.45) is 0. The Labute approximate surface area is 162 Å².